The fourth-order valence-corrected chi connectivity index (χ4v) is 3.88. The number of hydrogen-bond acceptors (Lipinski definition) is 3. The van der Waals surface area contributed by atoms with Gasteiger partial charge in [0.25, 0.3) is 0 Å². The van der Waals surface area contributed by atoms with Gasteiger partial charge in [-0.15, -0.1) is 12.4 Å². The minimum Gasteiger partial charge on any atom is -0.349 e. The minimum absolute atomic E-state index is 0. The Bertz CT molecular complexity index is 972. The van der Waals surface area contributed by atoms with Crippen molar-refractivity contribution in [3.63, 3.8) is 0 Å². The number of aromatic nitrogens is 2. The molecule has 1 aliphatic rings. The van der Waals surface area contributed by atoms with Crippen molar-refractivity contribution in [2.75, 3.05) is 11.4 Å². The van der Waals surface area contributed by atoms with Gasteiger partial charge in [-0.2, -0.15) is 0 Å². The average molecular weight is 398 g/mol. The quantitative estimate of drug-likeness (QED) is 0.595. The standard InChI is InChI=1S/C23H24FN3.ClH/c1-15-16(2)25-22(14-18-8-10-20(24)11-9-18)26-23(15)27-13-12-19-6-4-5-7-21(19)17(27)3;/h4-11,17H,12-14H2,1-3H3;1H. The molecule has 3 aromatic rings. The lowest BCUT2D eigenvalue weighted by Gasteiger charge is -2.37. The second-order valence-corrected chi connectivity index (χ2v) is 7.30. The largest absolute Gasteiger partial charge is 0.349 e. The van der Waals surface area contributed by atoms with Gasteiger partial charge in [0.2, 0.25) is 0 Å². The molecule has 0 amide bonds. The van der Waals surface area contributed by atoms with Gasteiger partial charge in [-0.05, 0) is 56.0 Å². The third-order valence-electron chi connectivity index (χ3n) is 5.55. The third-order valence-corrected chi connectivity index (χ3v) is 5.55. The molecule has 0 saturated carbocycles. The van der Waals surface area contributed by atoms with Crippen molar-refractivity contribution in [1.29, 1.82) is 0 Å². The van der Waals surface area contributed by atoms with Gasteiger partial charge < -0.3 is 4.90 Å². The number of nitrogens with zero attached hydrogens (tertiary/aromatic N) is 3. The van der Waals surface area contributed by atoms with E-state index in [-0.39, 0.29) is 24.3 Å². The SMILES string of the molecule is Cc1nc(Cc2ccc(F)cc2)nc(N2CCc3ccccc3C2C)c1C.Cl. The minimum atomic E-state index is -0.221. The van der Waals surface area contributed by atoms with E-state index in [2.05, 4.69) is 48.0 Å². The van der Waals surface area contributed by atoms with Crippen LogP contribution in [0, 0.1) is 19.7 Å². The van der Waals surface area contributed by atoms with Crippen molar-refractivity contribution >= 4 is 18.2 Å². The molecule has 28 heavy (non-hydrogen) atoms. The fourth-order valence-electron chi connectivity index (χ4n) is 3.88. The van der Waals surface area contributed by atoms with Crippen LogP contribution in [0.2, 0.25) is 0 Å². The zero-order chi connectivity index (χ0) is 19.0. The van der Waals surface area contributed by atoms with Crippen molar-refractivity contribution < 1.29 is 4.39 Å². The second kappa shape index (κ2) is 8.27. The molecular formula is C23H25ClFN3. The molecule has 0 fully saturated rings. The van der Waals surface area contributed by atoms with Crippen LogP contribution in [0.3, 0.4) is 0 Å². The highest BCUT2D eigenvalue weighted by Gasteiger charge is 2.26. The van der Waals surface area contributed by atoms with Gasteiger partial charge in [0, 0.05) is 24.2 Å². The zero-order valence-electron chi connectivity index (χ0n) is 16.4. The summed E-state index contributed by atoms with van der Waals surface area (Å²) in [6, 6.07) is 15.5. The first-order valence-electron chi connectivity index (χ1n) is 9.46. The van der Waals surface area contributed by atoms with Gasteiger partial charge >= 0.3 is 0 Å². The van der Waals surface area contributed by atoms with Crippen LogP contribution in [0.25, 0.3) is 0 Å². The second-order valence-electron chi connectivity index (χ2n) is 7.30. The van der Waals surface area contributed by atoms with Gasteiger partial charge in [0.05, 0.1) is 6.04 Å². The summed E-state index contributed by atoms with van der Waals surface area (Å²) in [7, 11) is 0. The van der Waals surface area contributed by atoms with Crippen LogP contribution < -0.4 is 4.90 Å². The first-order chi connectivity index (χ1) is 13.0. The Balaban J connectivity index is 0.00000225. The summed E-state index contributed by atoms with van der Waals surface area (Å²) in [5.41, 5.74) is 5.95. The van der Waals surface area contributed by atoms with E-state index < -0.39 is 0 Å². The molecule has 3 nitrogen and oxygen atoms in total. The Kier molecular flexibility index (Phi) is 5.99. The van der Waals surface area contributed by atoms with Gasteiger partial charge in [0.1, 0.15) is 17.5 Å². The van der Waals surface area contributed by atoms with Crippen LogP contribution in [0.5, 0.6) is 0 Å². The highest BCUT2D eigenvalue weighted by atomic mass is 35.5. The molecule has 1 unspecified atom stereocenters. The Hall–Kier alpha value is -2.46. The number of halogens is 2. The van der Waals surface area contributed by atoms with Crippen molar-refractivity contribution in [1.82, 2.24) is 9.97 Å². The molecule has 4 rings (SSSR count). The summed E-state index contributed by atoms with van der Waals surface area (Å²) in [6.45, 7) is 7.33. The number of anilines is 1. The Morgan fingerprint density at radius 2 is 1.75 bits per heavy atom. The van der Waals surface area contributed by atoms with Gasteiger partial charge in [-0.25, -0.2) is 14.4 Å². The highest BCUT2D eigenvalue weighted by molar-refractivity contribution is 5.85. The van der Waals surface area contributed by atoms with E-state index in [0.29, 0.717) is 6.42 Å². The number of rotatable bonds is 3. The maximum Gasteiger partial charge on any atom is 0.136 e. The summed E-state index contributed by atoms with van der Waals surface area (Å²) in [6.07, 6.45) is 1.63. The number of aryl methyl sites for hydroxylation is 1. The number of benzene rings is 2. The van der Waals surface area contributed by atoms with Gasteiger partial charge in [0.15, 0.2) is 0 Å². The third kappa shape index (κ3) is 3.88. The molecule has 2 aromatic carbocycles. The number of fused-ring (bicyclic) bond motifs is 1. The maximum atomic E-state index is 13.2. The molecule has 5 heteroatoms. The van der Waals surface area contributed by atoms with E-state index in [4.69, 9.17) is 4.98 Å². The van der Waals surface area contributed by atoms with E-state index in [0.717, 1.165) is 41.4 Å². The first kappa shape index (κ1) is 20.3. The lowest BCUT2D eigenvalue weighted by molar-refractivity contribution is 0.611. The normalized spacial score (nSPS) is 15.7. The van der Waals surface area contributed by atoms with Gasteiger partial charge in [-0.1, -0.05) is 36.4 Å². The molecule has 0 aliphatic carbocycles. The Morgan fingerprint density at radius 1 is 1.04 bits per heavy atom. The van der Waals surface area contributed by atoms with Crippen molar-refractivity contribution in [2.24, 2.45) is 0 Å². The highest BCUT2D eigenvalue weighted by Crippen LogP contribution is 2.34. The maximum absolute atomic E-state index is 13.2. The van der Waals surface area contributed by atoms with Crippen LogP contribution in [0.4, 0.5) is 10.2 Å². The van der Waals surface area contributed by atoms with E-state index in [1.807, 2.05) is 6.92 Å². The summed E-state index contributed by atoms with van der Waals surface area (Å²) in [4.78, 5) is 12.0. The summed E-state index contributed by atoms with van der Waals surface area (Å²) in [5, 5.41) is 0. The van der Waals surface area contributed by atoms with Crippen molar-refractivity contribution in [2.45, 2.75) is 39.7 Å². The van der Waals surface area contributed by atoms with E-state index in [9.17, 15) is 4.39 Å². The van der Waals surface area contributed by atoms with Gasteiger partial charge in [-0.3, -0.25) is 0 Å². The fraction of sp³-hybridized carbons (Fsp3) is 0.304. The van der Waals surface area contributed by atoms with Crippen LogP contribution in [0.1, 0.15) is 46.7 Å². The predicted octanol–water partition coefficient (Wildman–Crippen LogP) is 5.37. The van der Waals surface area contributed by atoms with Crippen LogP contribution >= 0.6 is 12.4 Å². The summed E-state index contributed by atoms with van der Waals surface area (Å²) >= 11 is 0. The van der Waals surface area contributed by atoms with Crippen LogP contribution in [-0.4, -0.2) is 16.5 Å². The monoisotopic (exact) mass is 397 g/mol. The lowest BCUT2D eigenvalue weighted by Crippen LogP contribution is -2.35. The average Bonchev–Trinajstić information content (AvgIpc) is 2.67. The van der Waals surface area contributed by atoms with E-state index >= 15 is 0 Å². The summed E-state index contributed by atoms with van der Waals surface area (Å²) in [5.74, 6) is 1.58. The predicted molar refractivity (Wildman–Crippen MR) is 114 cm³/mol. The molecule has 1 aromatic heterocycles. The Labute approximate surface area is 172 Å². The number of hydrogen-bond donors (Lipinski definition) is 0. The molecule has 0 spiro atoms. The molecule has 0 N–H and O–H groups in total. The molecule has 146 valence electrons. The van der Waals surface area contributed by atoms with E-state index in [1.54, 1.807) is 12.1 Å². The molecule has 0 bridgehead atoms. The smallest absolute Gasteiger partial charge is 0.136 e. The topological polar surface area (TPSA) is 29.0 Å². The van der Waals surface area contributed by atoms with Crippen molar-refractivity contribution in [3.8, 4) is 0 Å². The van der Waals surface area contributed by atoms with Crippen LogP contribution in [0.15, 0.2) is 48.5 Å². The molecule has 2 heterocycles. The van der Waals surface area contributed by atoms with Crippen molar-refractivity contribution in [3.05, 3.63) is 88.1 Å². The van der Waals surface area contributed by atoms with Crippen LogP contribution in [-0.2, 0) is 12.8 Å². The molecule has 1 atom stereocenters. The van der Waals surface area contributed by atoms with E-state index in [1.165, 1.54) is 23.3 Å². The molecular weight excluding hydrogens is 373 g/mol. The molecule has 1 aliphatic heterocycles. The zero-order valence-corrected chi connectivity index (χ0v) is 17.3. The summed E-state index contributed by atoms with van der Waals surface area (Å²) < 4.78 is 13.2. The molecule has 0 saturated heterocycles. The molecule has 0 radical (unpaired) electrons. The lowest BCUT2D eigenvalue weighted by atomic mass is 9.93. The Morgan fingerprint density at radius 3 is 2.50 bits per heavy atom. The first-order valence-corrected chi connectivity index (χ1v) is 9.46.